The third-order valence-corrected chi connectivity index (χ3v) is 4.40. The van der Waals surface area contributed by atoms with Gasteiger partial charge in [0.15, 0.2) is 0 Å². The van der Waals surface area contributed by atoms with Gasteiger partial charge in [0.2, 0.25) is 0 Å². The van der Waals surface area contributed by atoms with E-state index in [0.29, 0.717) is 5.25 Å². The second-order valence-electron chi connectivity index (χ2n) is 2.62. The van der Waals surface area contributed by atoms with E-state index in [1.165, 1.54) is 5.75 Å². The van der Waals surface area contributed by atoms with Gasteiger partial charge in [-0.05, 0) is 0 Å². The summed E-state index contributed by atoms with van der Waals surface area (Å²) in [6, 6.07) is 0. The number of halogens is 2. The molecule has 0 bridgehead atoms. The lowest BCUT2D eigenvalue weighted by molar-refractivity contribution is 0.146. The summed E-state index contributed by atoms with van der Waals surface area (Å²) >= 11 is 3.80. The molecular formula is C7H13F2NS2. The Balaban J connectivity index is 1.98. The predicted molar refractivity (Wildman–Crippen MR) is 52.4 cm³/mol. The first kappa shape index (κ1) is 10.6. The molecule has 0 aromatic rings. The van der Waals surface area contributed by atoms with Crippen molar-refractivity contribution in [2.45, 2.75) is 11.7 Å². The number of nitrogens with one attached hydrogen (secondary N) is 1. The largest absolute Gasteiger partial charge is 0.310 e. The minimum atomic E-state index is -2.22. The molecule has 5 heteroatoms. The van der Waals surface area contributed by atoms with E-state index in [4.69, 9.17) is 0 Å². The third kappa shape index (κ3) is 4.52. The average molecular weight is 213 g/mol. The van der Waals surface area contributed by atoms with Crippen LogP contribution in [0.3, 0.4) is 0 Å². The Hall–Kier alpha value is 0.520. The molecule has 0 aromatic heterocycles. The van der Waals surface area contributed by atoms with E-state index >= 15 is 0 Å². The second-order valence-corrected chi connectivity index (χ2v) is 5.18. The van der Waals surface area contributed by atoms with E-state index in [1.54, 1.807) is 0 Å². The molecule has 1 rings (SSSR count). The molecule has 1 saturated heterocycles. The summed E-state index contributed by atoms with van der Waals surface area (Å²) in [5, 5.41) is 3.30. The molecule has 0 radical (unpaired) electrons. The fourth-order valence-electron chi connectivity index (χ4n) is 1.01. The van der Waals surface area contributed by atoms with E-state index in [1.807, 2.05) is 23.5 Å². The highest BCUT2D eigenvalue weighted by Crippen LogP contribution is 2.23. The Bertz CT molecular complexity index is 118. The van der Waals surface area contributed by atoms with Crippen LogP contribution < -0.4 is 5.32 Å². The van der Waals surface area contributed by atoms with Crippen LogP contribution in [0.15, 0.2) is 0 Å². The lowest BCUT2D eigenvalue weighted by Crippen LogP contribution is -2.31. The van der Waals surface area contributed by atoms with Crippen molar-refractivity contribution in [2.24, 2.45) is 0 Å². The molecule has 1 aliphatic rings. The van der Waals surface area contributed by atoms with Crippen LogP contribution in [0.2, 0.25) is 0 Å². The van der Waals surface area contributed by atoms with E-state index in [0.717, 1.165) is 18.1 Å². The maximum absolute atomic E-state index is 11.7. The fraction of sp³-hybridized carbons (Fsp3) is 1.00. The molecule has 72 valence electrons. The topological polar surface area (TPSA) is 12.0 Å². The van der Waals surface area contributed by atoms with E-state index in [-0.39, 0.29) is 6.54 Å². The SMILES string of the molecule is FC(F)CNCC1CSCCS1. The van der Waals surface area contributed by atoms with E-state index in [9.17, 15) is 8.78 Å². The maximum atomic E-state index is 11.7. The van der Waals surface area contributed by atoms with Crippen LogP contribution in [0.4, 0.5) is 8.78 Å². The smallest absolute Gasteiger partial charge is 0.250 e. The van der Waals surface area contributed by atoms with Crippen LogP contribution in [-0.4, -0.2) is 42.0 Å². The highest BCUT2D eigenvalue weighted by atomic mass is 32.2. The summed E-state index contributed by atoms with van der Waals surface area (Å²) in [7, 11) is 0. The first-order chi connectivity index (χ1) is 5.79. The lowest BCUT2D eigenvalue weighted by atomic mass is 10.4. The average Bonchev–Trinajstić information content (AvgIpc) is 2.05. The Morgan fingerprint density at radius 2 is 2.25 bits per heavy atom. The Morgan fingerprint density at radius 1 is 1.42 bits per heavy atom. The number of alkyl halides is 2. The van der Waals surface area contributed by atoms with Gasteiger partial charge in [-0.15, -0.1) is 0 Å². The maximum Gasteiger partial charge on any atom is 0.250 e. The number of thioether (sulfide) groups is 2. The molecule has 0 aromatic carbocycles. The van der Waals surface area contributed by atoms with E-state index < -0.39 is 6.43 Å². The molecule has 0 amide bonds. The van der Waals surface area contributed by atoms with Crippen molar-refractivity contribution in [1.82, 2.24) is 5.32 Å². The van der Waals surface area contributed by atoms with Crippen LogP contribution in [0.5, 0.6) is 0 Å². The minimum Gasteiger partial charge on any atom is -0.310 e. The van der Waals surface area contributed by atoms with Crippen molar-refractivity contribution >= 4 is 23.5 Å². The molecule has 1 unspecified atom stereocenters. The van der Waals surface area contributed by atoms with Gasteiger partial charge in [0.25, 0.3) is 6.43 Å². The Morgan fingerprint density at radius 3 is 2.83 bits per heavy atom. The molecule has 1 nitrogen and oxygen atoms in total. The molecule has 1 aliphatic heterocycles. The van der Waals surface area contributed by atoms with Gasteiger partial charge in [-0.1, -0.05) is 0 Å². The Labute approximate surface area is 80.1 Å². The summed E-state index contributed by atoms with van der Waals surface area (Å²) in [5.74, 6) is 3.46. The molecule has 1 heterocycles. The molecular weight excluding hydrogens is 200 g/mol. The zero-order valence-corrected chi connectivity index (χ0v) is 8.40. The van der Waals surface area contributed by atoms with Crippen LogP contribution in [0, 0.1) is 0 Å². The summed E-state index contributed by atoms with van der Waals surface area (Å²) in [5.41, 5.74) is 0. The first-order valence-corrected chi connectivity index (χ1v) is 6.17. The Kier molecular flexibility index (Phi) is 5.34. The molecule has 1 atom stereocenters. The van der Waals surface area contributed by atoms with Gasteiger partial charge in [0.05, 0.1) is 6.54 Å². The third-order valence-electron chi connectivity index (χ3n) is 1.56. The van der Waals surface area contributed by atoms with Crippen molar-refractivity contribution in [3.63, 3.8) is 0 Å². The quantitative estimate of drug-likeness (QED) is 0.763. The normalized spacial score (nSPS) is 24.8. The molecule has 0 spiro atoms. The van der Waals surface area contributed by atoms with Crippen molar-refractivity contribution in [2.75, 3.05) is 30.3 Å². The van der Waals surface area contributed by atoms with Crippen molar-refractivity contribution < 1.29 is 8.78 Å². The molecule has 12 heavy (non-hydrogen) atoms. The number of hydrogen-bond acceptors (Lipinski definition) is 3. The number of hydrogen-bond donors (Lipinski definition) is 1. The molecule has 0 aliphatic carbocycles. The zero-order chi connectivity index (χ0) is 8.81. The fourth-order valence-corrected chi connectivity index (χ4v) is 3.65. The predicted octanol–water partition coefficient (Wildman–Crippen LogP) is 1.69. The van der Waals surface area contributed by atoms with Gasteiger partial charge in [0, 0.05) is 29.1 Å². The summed E-state index contributed by atoms with van der Waals surface area (Å²) in [4.78, 5) is 0. The molecule has 1 fully saturated rings. The highest BCUT2D eigenvalue weighted by Gasteiger charge is 2.14. The van der Waals surface area contributed by atoms with Crippen LogP contribution in [-0.2, 0) is 0 Å². The molecule has 1 N–H and O–H groups in total. The second kappa shape index (κ2) is 6.05. The van der Waals surface area contributed by atoms with Gasteiger partial charge < -0.3 is 5.32 Å². The van der Waals surface area contributed by atoms with Crippen LogP contribution >= 0.6 is 23.5 Å². The first-order valence-electron chi connectivity index (χ1n) is 3.97. The monoisotopic (exact) mass is 213 g/mol. The van der Waals surface area contributed by atoms with Gasteiger partial charge in [-0.2, -0.15) is 23.5 Å². The van der Waals surface area contributed by atoms with Gasteiger partial charge >= 0.3 is 0 Å². The summed E-state index contributed by atoms with van der Waals surface area (Å²) in [6.45, 7) is 0.559. The van der Waals surface area contributed by atoms with Crippen LogP contribution in [0.25, 0.3) is 0 Å². The number of rotatable bonds is 4. The minimum absolute atomic E-state index is 0.165. The zero-order valence-electron chi connectivity index (χ0n) is 6.76. The van der Waals surface area contributed by atoms with E-state index in [2.05, 4.69) is 5.32 Å². The van der Waals surface area contributed by atoms with Crippen molar-refractivity contribution in [3.05, 3.63) is 0 Å². The summed E-state index contributed by atoms with van der Waals surface area (Å²) < 4.78 is 23.4. The lowest BCUT2D eigenvalue weighted by Gasteiger charge is -2.20. The van der Waals surface area contributed by atoms with Gasteiger partial charge in [-0.25, -0.2) is 8.78 Å². The van der Waals surface area contributed by atoms with Gasteiger partial charge in [0.1, 0.15) is 0 Å². The van der Waals surface area contributed by atoms with Crippen LogP contribution in [0.1, 0.15) is 0 Å². The van der Waals surface area contributed by atoms with Gasteiger partial charge in [-0.3, -0.25) is 0 Å². The standard InChI is InChI=1S/C7H13F2NS2/c8-7(9)4-10-3-6-5-11-1-2-12-6/h6-7,10H,1-5H2. The van der Waals surface area contributed by atoms with Crippen molar-refractivity contribution in [1.29, 1.82) is 0 Å². The highest BCUT2D eigenvalue weighted by molar-refractivity contribution is 8.06. The molecule has 0 saturated carbocycles. The summed E-state index contributed by atoms with van der Waals surface area (Å²) in [6.07, 6.45) is -2.22. The van der Waals surface area contributed by atoms with Crippen molar-refractivity contribution in [3.8, 4) is 0 Å².